The third kappa shape index (κ3) is 12.4. The molecule has 0 unspecified atom stereocenters. The minimum atomic E-state index is 0.853. The van der Waals surface area contributed by atoms with E-state index in [1.54, 1.807) is 6.20 Å². The summed E-state index contributed by atoms with van der Waals surface area (Å²) in [5, 5.41) is 21.1. The molecule has 13 aromatic heterocycles. The summed E-state index contributed by atoms with van der Waals surface area (Å²) in [5.74, 6) is 0.876. The second-order valence-corrected chi connectivity index (χ2v) is 35.2. The fourth-order valence-electron chi connectivity index (χ4n) is 21.5. The van der Waals surface area contributed by atoms with Crippen molar-refractivity contribution in [2.75, 3.05) is 14.7 Å². The Morgan fingerprint density at radius 2 is 0.580 bits per heavy atom. The lowest BCUT2D eigenvalue weighted by Crippen LogP contribution is -2.14. The summed E-state index contributed by atoms with van der Waals surface area (Å²) >= 11 is 0. The van der Waals surface area contributed by atoms with Gasteiger partial charge in [-0.15, -0.1) is 0 Å². The van der Waals surface area contributed by atoms with Crippen LogP contribution in [0.2, 0.25) is 0 Å². The van der Waals surface area contributed by atoms with Crippen molar-refractivity contribution in [1.82, 2.24) is 63.5 Å². The van der Waals surface area contributed by atoms with Crippen LogP contribution in [-0.2, 0) is 0 Å². The smallest absolute Gasteiger partial charge is 0.138 e. The van der Waals surface area contributed by atoms with Crippen LogP contribution >= 0.6 is 0 Å². The van der Waals surface area contributed by atoms with E-state index >= 15 is 0 Å². The summed E-state index contributed by atoms with van der Waals surface area (Å²) in [5.41, 5.74) is 30.7. The zero-order valence-corrected chi connectivity index (χ0v) is 73.9. The van der Waals surface area contributed by atoms with Crippen molar-refractivity contribution in [2.45, 2.75) is 0 Å². The number of anilines is 6. The van der Waals surface area contributed by atoms with Crippen LogP contribution in [0.1, 0.15) is 16.7 Å². The molecule has 0 bridgehead atoms. The number of para-hydroxylation sites is 3. The standard InChI is InChI=1S/C47H29N5.C40H24N6.C35H21N5/c1-3-11-30(12-4-1)35-26-39(31-13-5-2-6-14-31)50-43(28-35)51-24-22-38-44-33(15-9-19-41(44)51)27-42-45(38)37-17-7-8-18-40(37)52(42)36-25-34-21-20-32-16-10-23-48-46(32)47(34)49-29-36;1-2-11-34-30(9-1)38-31-17-20-45(28-15-16-33(43-23-28)32-10-3-4-18-41-32)35-12-5-7-26(37(31)35)22-36(38)46(34)29-21-27-14-13-25-8-6-19-42-39(25)40(27)44-24-29;1-2-10-29-27(9-1)33-28-14-17-39(25-8-5-15-36-20-25)30-11-3-6-23(32(28)30)19-31(33)40(29)26-18-24-13-12-22-7-4-16-37-34(22)35(24)38-21-26/h1-29H;1-24H;1-21H. The quantitative estimate of drug-likeness (QED) is 0.126. The molecule has 0 fully saturated rings. The Labute approximate surface area is 788 Å². The van der Waals surface area contributed by atoms with Gasteiger partial charge in [0, 0.05) is 136 Å². The van der Waals surface area contributed by atoms with Crippen molar-refractivity contribution < 1.29 is 0 Å². The van der Waals surface area contributed by atoms with Crippen molar-refractivity contribution in [3.05, 3.63) is 449 Å². The molecule has 0 spiro atoms. The molecule has 16 heteroatoms. The molecule has 3 aliphatic rings. The van der Waals surface area contributed by atoms with Crippen LogP contribution in [0.4, 0.5) is 34.3 Å². The molecule has 3 aliphatic heterocycles. The van der Waals surface area contributed by atoms with Crippen LogP contribution in [0.25, 0.3) is 232 Å². The molecular weight excluding hydrogens is 1690 g/mol. The first-order valence-corrected chi connectivity index (χ1v) is 46.2. The Morgan fingerprint density at radius 3 is 1.02 bits per heavy atom. The van der Waals surface area contributed by atoms with Crippen LogP contribution in [0.15, 0.2) is 432 Å². The van der Waals surface area contributed by atoms with E-state index in [0.29, 0.717) is 0 Å². The number of aromatic nitrogens is 13. The Morgan fingerprint density at radius 1 is 0.196 bits per heavy atom. The largest absolute Gasteiger partial charge is 0.315 e. The molecule has 0 saturated heterocycles. The number of nitrogens with zero attached hydrogens (tertiary/aromatic N) is 16. The van der Waals surface area contributed by atoms with Gasteiger partial charge in [-0.2, -0.15) is 0 Å². The SMILES string of the molecule is C1=CN(c2cc(-c3ccccc3)cc(-c3ccccc3)n2)c2cccc3cc4c(c1c23)c1ccccc1n4-c1cnc2c(ccc3cccnc32)c1.C1=CN(c2ccc(-c3ccccn3)nc2)c2cccc3cc4c(c1c23)c1ccccc1n4-c1cnc2c(ccc3cccnc32)c1.C1=CN(c2cccnc2)c2cccc3cc4c(c1c23)c1ccccc1n4-c1cnc2c(ccc3cccnc32)c1. The van der Waals surface area contributed by atoms with Gasteiger partial charge >= 0.3 is 0 Å². The van der Waals surface area contributed by atoms with Crippen LogP contribution in [0, 0.1) is 0 Å². The van der Waals surface area contributed by atoms with E-state index in [1.165, 1.54) is 86.8 Å². The topological polar surface area (TPSA) is 153 Å². The van der Waals surface area contributed by atoms with Gasteiger partial charge in [0.25, 0.3) is 0 Å². The van der Waals surface area contributed by atoms with Crippen LogP contribution < -0.4 is 14.7 Å². The first-order chi connectivity index (χ1) is 68.4. The highest BCUT2D eigenvalue weighted by atomic mass is 15.2. The zero-order chi connectivity index (χ0) is 90.6. The van der Waals surface area contributed by atoms with Crippen molar-refractivity contribution in [3.8, 4) is 50.8 Å². The van der Waals surface area contributed by atoms with Gasteiger partial charge in [0.1, 0.15) is 5.82 Å². The van der Waals surface area contributed by atoms with Crippen molar-refractivity contribution in [3.63, 3.8) is 0 Å². The first-order valence-electron chi connectivity index (χ1n) is 46.2. The average molecular weight is 1760 g/mol. The maximum absolute atomic E-state index is 5.27. The molecule has 14 aromatic carbocycles. The van der Waals surface area contributed by atoms with Crippen LogP contribution in [0.5, 0.6) is 0 Å². The summed E-state index contributed by atoms with van der Waals surface area (Å²) in [7, 11) is 0. The fourth-order valence-corrected chi connectivity index (χ4v) is 21.5. The van der Waals surface area contributed by atoms with E-state index in [1.807, 2.05) is 110 Å². The van der Waals surface area contributed by atoms with Gasteiger partial charge < -0.3 is 28.4 Å². The highest BCUT2D eigenvalue weighted by molar-refractivity contribution is 6.26. The van der Waals surface area contributed by atoms with E-state index in [9.17, 15) is 0 Å². The molecule has 0 aliphatic carbocycles. The molecule has 0 saturated carbocycles. The highest BCUT2D eigenvalue weighted by Gasteiger charge is 2.30. The Bertz CT molecular complexity index is 9830. The van der Waals surface area contributed by atoms with Crippen LogP contribution in [-0.4, -0.2) is 63.5 Å². The molecule has 0 atom stereocenters. The van der Waals surface area contributed by atoms with E-state index in [4.69, 9.17) is 24.9 Å². The van der Waals surface area contributed by atoms with Gasteiger partial charge in [-0.25, -0.2) is 4.98 Å². The maximum Gasteiger partial charge on any atom is 0.138 e. The lowest BCUT2D eigenvalue weighted by atomic mass is 9.94. The van der Waals surface area contributed by atoms with Gasteiger partial charge in [-0.05, 0) is 202 Å². The van der Waals surface area contributed by atoms with Crippen molar-refractivity contribution >= 4 is 216 Å². The first kappa shape index (κ1) is 77.7. The second-order valence-electron chi connectivity index (χ2n) is 35.2. The molecule has 0 N–H and O–H groups in total. The lowest BCUT2D eigenvalue weighted by Gasteiger charge is -2.27. The number of fused-ring (bicyclic) bond motifs is 21. The molecular formula is C122H74N16. The average Bonchev–Trinajstić information content (AvgIpc) is 1.55. The zero-order valence-electron chi connectivity index (χ0n) is 73.9. The Hall–Kier alpha value is -19.1. The molecule has 642 valence electrons. The van der Waals surface area contributed by atoms with E-state index < -0.39 is 0 Å². The minimum absolute atomic E-state index is 0.853. The summed E-state index contributed by atoms with van der Waals surface area (Å²) < 4.78 is 7.06. The van der Waals surface area contributed by atoms with Gasteiger partial charge in [-0.1, -0.05) is 212 Å². The number of hydrogen-bond donors (Lipinski definition) is 0. The molecule has 16 heterocycles. The maximum atomic E-state index is 5.27. The molecule has 16 nitrogen and oxygen atoms in total. The number of benzene rings is 14. The Balaban J connectivity index is 0.000000103. The van der Waals surface area contributed by atoms with E-state index in [-0.39, 0.29) is 0 Å². The fraction of sp³-hybridized carbons (Fsp3) is 0. The van der Waals surface area contributed by atoms with Crippen molar-refractivity contribution in [2.24, 2.45) is 0 Å². The number of rotatable bonds is 9. The normalized spacial score (nSPS) is 12.7. The summed E-state index contributed by atoms with van der Waals surface area (Å²) in [6.07, 6.45) is 32.2. The molecule has 0 radical (unpaired) electrons. The van der Waals surface area contributed by atoms with Gasteiger partial charge in [-0.3, -0.25) is 44.9 Å². The minimum Gasteiger partial charge on any atom is -0.315 e. The van der Waals surface area contributed by atoms with Gasteiger partial charge in [0.2, 0.25) is 0 Å². The summed E-state index contributed by atoms with van der Waals surface area (Å²) in [4.78, 5) is 54.3. The third-order valence-electron chi connectivity index (χ3n) is 27.5. The van der Waals surface area contributed by atoms with E-state index in [0.717, 1.165) is 178 Å². The van der Waals surface area contributed by atoms with Gasteiger partial charge in [0.15, 0.2) is 0 Å². The summed E-state index contributed by atoms with van der Waals surface area (Å²) in [6.45, 7) is 0. The van der Waals surface area contributed by atoms with Gasteiger partial charge in [0.05, 0.1) is 160 Å². The lowest BCUT2D eigenvalue weighted by molar-refractivity contribution is 1.16. The Kier molecular flexibility index (Phi) is 17.6. The number of hydrogen-bond acceptors (Lipinski definition) is 13. The van der Waals surface area contributed by atoms with Crippen LogP contribution in [0.3, 0.4) is 0 Å². The molecule has 0 amide bonds. The predicted molar refractivity (Wildman–Crippen MR) is 567 cm³/mol. The number of pyridine rings is 10. The molecule has 30 rings (SSSR count). The highest BCUT2D eigenvalue weighted by Crippen LogP contribution is 2.51. The molecule has 138 heavy (non-hydrogen) atoms. The summed E-state index contributed by atoms with van der Waals surface area (Å²) in [6, 6.07) is 124. The van der Waals surface area contributed by atoms with E-state index in [2.05, 4.69) is 387 Å². The third-order valence-corrected chi connectivity index (χ3v) is 27.5. The molecule has 27 aromatic rings. The monoisotopic (exact) mass is 1760 g/mol. The predicted octanol–water partition coefficient (Wildman–Crippen LogP) is 30.0. The second kappa shape index (κ2) is 31.3. The van der Waals surface area contributed by atoms with Crippen molar-refractivity contribution in [1.29, 1.82) is 0 Å².